The minimum absolute atomic E-state index is 0.0901. The van der Waals surface area contributed by atoms with Crippen LogP contribution in [0.5, 0.6) is 5.75 Å². The number of benzene rings is 2. The zero-order chi connectivity index (χ0) is 16.4. The van der Waals surface area contributed by atoms with Crippen molar-refractivity contribution in [3.8, 4) is 5.75 Å². The molecule has 2 N–H and O–H groups in total. The highest BCUT2D eigenvalue weighted by atomic mass is 16.5. The number of Topliss-reactive ketones (excluding diaryl/α,β-unsaturated/α-hetero) is 1. The molecule has 3 rings (SSSR count). The van der Waals surface area contributed by atoms with Crippen molar-refractivity contribution in [3.05, 3.63) is 76.6 Å². The first-order valence-corrected chi connectivity index (χ1v) is 7.06. The first kappa shape index (κ1) is 14.8. The summed E-state index contributed by atoms with van der Waals surface area (Å²) in [7, 11) is 0. The van der Waals surface area contributed by atoms with Crippen molar-refractivity contribution < 1.29 is 24.5 Å². The number of allylic oxidation sites excluding steroid dienone is 1. The molecule has 0 spiro atoms. The monoisotopic (exact) mass is 310 g/mol. The third-order valence-corrected chi connectivity index (χ3v) is 3.70. The molecule has 23 heavy (non-hydrogen) atoms. The smallest absolute Gasteiger partial charge is 0.371 e. The molecule has 0 unspecified atom stereocenters. The predicted molar refractivity (Wildman–Crippen MR) is 82.5 cm³/mol. The number of hydrogen-bond donors (Lipinski definition) is 2. The topological polar surface area (TPSA) is 83.8 Å². The normalized spacial score (nSPS) is 15.2. The number of aliphatic hydroxyl groups excluding tert-OH is 1. The molecule has 0 fully saturated rings. The Morgan fingerprint density at radius 3 is 2.52 bits per heavy atom. The van der Waals surface area contributed by atoms with Crippen molar-refractivity contribution in [1.82, 2.24) is 0 Å². The van der Waals surface area contributed by atoms with E-state index in [-0.39, 0.29) is 12.0 Å². The molecular formula is C18H14O5. The molecule has 1 aliphatic rings. The van der Waals surface area contributed by atoms with Crippen LogP contribution >= 0.6 is 0 Å². The SMILES string of the molecule is O=C(O)/C(O)=C1/Cc2ccc(OCc3ccccc3)cc2C1=O. The maximum absolute atomic E-state index is 12.2. The van der Waals surface area contributed by atoms with Crippen LogP contribution in [0.4, 0.5) is 0 Å². The molecule has 0 amide bonds. The molecular weight excluding hydrogens is 296 g/mol. The van der Waals surface area contributed by atoms with Gasteiger partial charge in [-0.3, -0.25) is 4.79 Å². The lowest BCUT2D eigenvalue weighted by Gasteiger charge is -2.07. The molecule has 0 saturated heterocycles. The van der Waals surface area contributed by atoms with Crippen molar-refractivity contribution in [1.29, 1.82) is 0 Å². The highest BCUT2D eigenvalue weighted by Gasteiger charge is 2.30. The number of aliphatic hydroxyl groups is 1. The van der Waals surface area contributed by atoms with Crippen LogP contribution < -0.4 is 4.74 Å². The summed E-state index contributed by atoms with van der Waals surface area (Å²) in [4.78, 5) is 23.1. The third-order valence-electron chi connectivity index (χ3n) is 3.70. The van der Waals surface area contributed by atoms with Crippen LogP contribution in [0.25, 0.3) is 0 Å². The van der Waals surface area contributed by atoms with Crippen LogP contribution in [0.1, 0.15) is 21.5 Å². The Hall–Kier alpha value is -3.08. The molecule has 0 bridgehead atoms. The number of fused-ring (bicyclic) bond motifs is 1. The molecule has 0 heterocycles. The maximum Gasteiger partial charge on any atom is 0.371 e. The highest BCUT2D eigenvalue weighted by Crippen LogP contribution is 2.31. The lowest BCUT2D eigenvalue weighted by Crippen LogP contribution is -2.08. The second-order valence-electron chi connectivity index (χ2n) is 5.23. The van der Waals surface area contributed by atoms with E-state index in [1.54, 1.807) is 18.2 Å². The van der Waals surface area contributed by atoms with Crippen molar-refractivity contribution in [2.24, 2.45) is 0 Å². The van der Waals surface area contributed by atoms with Gasteiger partial charge in [-0.15, -0.1) is 0 Å². The third kappa shape index (κ3) is 2.94. The summed E-state index contributed by atoms with van der Waals surface area (Å²) >= 11 is 0. The minimum atomic E-state index is -1.50. The summed E-state index contributed by atoms with van der Waals surface area (Å²) in [6.45, 7) is 0.372. The van der Waals surface area contributed by atoms with Crippen molar-refractivity contribution in [2.45, 2.75) is 13.0 Å². The van der Waals surface area contributed by atoms with Crippen LogP contribution in [-0.2, 0) is 17.8 Å². The van der Waals surface area contributed by atoms with Gasteiger partial charge in [0.1, 0.15) is 12.4 Å². The number of rotatable bonds is 4. The van der Waals surface area contributed by atoms with E-state index in [1.165, 1.54) is 0 Å². The summed E-state index contributed by atoms with van der Waals surface area (Å²) < 4.78 is 5.66. The first-order valence-electron chi connectivity index (χ1n) is 7.06. The Morgan fingerprint density at radius 1 is 1.09 bits per heavy atom. The molecule has 5 nitrogen and oxygen atoms in total. The van der Waals surface area contributed by atoms with Gasteiger partial charge in [0.25, 0.3) is 0 Å². The van der Waals surface area contributed by atoms with Gasteiger partial charge in [-0.2, -0.15) is 0 Å². The van der Waals surface area contributed by atoms with E-state index < -0.39 is 17.5 Å². The quantitative estimate of drug-likeness (QED) is 0.670. The van der Waals surface area contributed by atoms with Crippen LogP contribution in [0.2, 0.25) is 0 Å². The highest BCUT2D eigenvalue weighted by molar-refractivity contribution is 6.16. The maximum atomic E-state index is 12.2. The molecule has 2 aromatic carbocycles. The predicted octanol–water partition coefficient (Wildman–Crippen LogP) is 2.90. The number of hydrogen-bond acceptors (Lipinski definition) is 4. The minimum Gasteiger partial charge on any atom is -0.502 e. The molecule has 0 aromatic heterocycles. The number of aliphatic carboxylic acids is 1. The summed E-state index contributed by atoms with van der Waals surface area (Å²) in [6.07, 6.45) is 0.116. The van der Waals surface area contributed by atoms with E-state index in [9.17, 15) is 14.7 Å². The van der Waals surface area contributed by atoms with Crippen LogP contribution in [-0.4, -0.2) is 22.0 Å². The van der Waals surface area contributed by atoms with E-state index >= 15 is 0 Å². The van der Waals surface area contributed by atoms with Gasteiger partial charge in [0.2, 0.25) is 5.76 Å². The fraction of sp³-hybridized carbons (Fsp3) is 0.111. The van der Waals surface area contributed by atoms with Gasteiger partial charge in [0, 0.05) is 12.0 Å². The van der Waals surface area contributed by atoms with Crippen molar-refractivity contribution in [3.63, 3.8) is 0 Å². The van der Waals surface area contributed by atoms with E-state index in [0.717, 1.165) is 5.56 Å². The Bertz CT molecular complexity index is 805. The number of carbonyl (C=O) groups is 2. The largest absolute Gasteiger partial charge is 0.502 e. The second-order valence-corrected chi connectivity index (χ2v) is 5.23. The summed E-state index contributed by atoms with van der Waals surface area (Å²) in [5.74, 6) is -2.33. The van der Waals surface area contributed by atoms with Gasteiger partial charge in [-0.1, -0.05) is 36.4 Å². The van der Waals surface area contributed by atoms with Gasteiger partial charge in [0.05, 0.1) is 5.57 Å². The Balaban J connectivity index is 1.81. The fourth-order valence-corrected chi connectivity index (χ4v) is 2.51. The standard InChI is InChI=1S/C18H14O5/c19-16-14-9-13(23-10-11-4-2-1-3-5-11)7-6-12(14)8-15(16)17(20)18(21)22/h1-7,9,20H,8,10H2,(H,21,22)/b17-15+. The molecule has 0 radical (unpaired) electrons. The molecule has 0 saturated carbocycles. The first-order chi connectivity index (χ1) is 11.1. The summed E-state index contributed by atoms with van der Waals surface area (Å²) in [5.41, 5.74) is 1.97. The number of carboxylic acids is 1. The molecule has 116 valence electrons. The van der Waals surface area contributed by atoms with Gasteiger partial charge in [-0.05, 0) is 23.3 Å². The molecule has 5 heteroatoms. The number of carboxylic acid groups (broad SMARTS) is 1. The van der Waals surface area contributed by atoms with Crippen molar-refractivity contribution >= 4 is 11.8 Å². The van der Waals surface area contributed by atoms with Crippen LogP contribution in [0.3, 0.4) is 0 Å². The zero-order valence-electron chi connectivity index (χ0n) is 12.2. The Kier molecular flexibility index (Phi) is 3.85. The number of ketones is 1. The average Bonchev–Trinajstić information content (AvgIpc) is 2.89. The number of ether oxygens (including phenoxy) is 1. The fourth-order valence-electron chi connectivity index (χ4n) is 2.51. The second kappa shape index (κ2) is 5.96. The van der Waals surface area contributed by atoms with Crippen molar-refractivity contribution in [2.75, 3.05) is 0 Å². The molecule has 0 atom stereocenters. The van der Waals surface area contributed by atoms with E-state index in [2.05, 4.69) is 0 Å². The molecule has 2 aromatic rings. The zero-order valence-corrected chi connectivity index (χ0v) is 12.2. The van der Waals surface area contributed by atoms with Crippen LogP contribution in [0.15, 0.2) is 59.9 Å². The Morgan fingerprint density at radius 2 is 1.83 bits per heavy atom. The van der Waals surface area contributed by atoms with Gasteiger partial charge >= 0.3 is 5.97 Å². The lowest BCUT2D eigenvalue weighted by atomic mass is 10.1. The molecule has 0 aliphatic heterocycles. The average molecular weight is 310 g/mol. The molecule has 1 aliphatic carbocycles. The number of carbonyl (C=O) groups excluding carboxylic acids is 1. The van der Waals surface area contributed by atoms with E-state index in [4.69, 9.17) is 9.84 Å². The Labute approximate surface area is 132 Å². The van der Waals surface area contributed by atoms with Gasteiger partial charge in [0.15, 0.2) is 5.78 Å². The van der Waals surface area contributed by atoms with E-state index in [0.29, 0.717) is 23.5 Å². The van der Waals surface area contributed by atoms with Gasteiger partial charge < -0.3 is 14.9 Å². The van der Waals surface area contributed by atoms with Gasteiger partial charge in [-0.25, -0.2) is 4.79 Å². The summed E-state index contributed by atoms with van der Waals surface area (Å²) in [5, 5.41) is 18.3. The van der Waals surface area contributed by atoms with Crippen LogP contribution in [0, 0.1) is 0 Å². The van der Waals surface area contributed by atoms with E-state index in [1.807, 2.05) is 30.3 Å². The lowest BCUT2D eigenvalue weighted by molar-refractivity contribution is -0.135. The summed E-state index contributed by atoms with van der Waals surface area (Å²) in [6, 6.07) is 14.6.